The number of Topliss-reactive ketones (excluding diaryl/α,β-unsaturated/α-hetero) is 1. The molecule has 1 unspecified atom stereocenters. The molecule has 0 spiro atoms. The van der Waals surface area contributed by atoms with Gasteiger partial charge in [-0.05, 0) is 37.0 Å². The van der Waals surface area contributed by atoms with Gasteiger partial charge in [0.2, 0.25) is 5.95 Å². The van der Waals surface area contributed by atoms with Crippen LogP contribution in [-0.2, 0) is 11.2 Å². The van der Waals surface area contributed by atoms with Crippen molar-refractivity contribution in [3.8, 4) is 0 Å². The molecule has 0 saturated carbocycles. The van der Waals surface area contributed by atoms with Crippen LogP contribution >= 0.6 is 11.6 Å². The highest BCUT2D eigenvalue weighted by molar-refractivity contribution is 6.30. The van der Waals surface area contributed by atoms with E-state index in [1.54, 1.807) is 18.0 Å². The fourth-order valence-electron chi connectivity index (χ4n) is 3.86. The molecule has 0 radical (unpaired) electrons. The maximum absolute atomic E-state index is 12.6. The fraction of sp³-hybridized carbons (Fsp3) is 0.429. The zero-order chi connectivity index (χ0) is 20.4. The molecule has 2 heterocycles. The summed E-state index contributed by atoms with van der Waals surface area (Å²) in [6, 6.07) is 7.65. The maximum atomic E-state index is 12.6. The number of rotatable bonds is 3. The SMILES string of the molecule is CCOC(=O)N1CCN(c2ncc3c(n2)CC(c2ccc(Cl)cc2)CC3=O)CC1. The third-order valence-corrected chi connectivity index (χ3v) is 5.71. The molecule has 0 N–H and O–H groups in total. The molecule has 1 aromatic carbocycles. The standard InChI is InChI=1S/C21H23ClN4O3/c1-2-29-21(28)26-9-7-25(8-10-26)20-23-13-17-18(24-20)11-15(12-19(17)27)14-3-5-16(22)6-4-14/h3-6,13,15H,2,7-12H2,1H3. The molecule has 1 saturated heterocycles. The molecule has 1 aliphatic carbocycles. The van der Waals surface area contributed by atoms with Crippen molar-refractivity contribution >= 4 is 29.4 Å². The molecule has 8 heteroatoms. The molecule has 7 nitrogen and oxygen atoms in total. The highest BCUT2D eigenvalue weighted by atomic mass is 35.5. The number of fused-ring (bicyclic) bond motifs is 1. The minimum atomic E-state index is -0.282. The van der Waals surface area contributed by atoms with Crippen LogP contribution in [0.2, 0.25) is 5.02 Å². The Morgan fingerprint density at radius 3 is 2.59 bits per heavy atom. The van der Waals surface area contributed by atoms with Crippen LogP contribution in [0, 0.1) is 0 Å². The van der Waals surface area contributed by atoms with Crippen LogP contribution in [0.1, 0.15) is 40.9 Å². The van der Waals surface area contributed by atoms with Gasteiger partial charge in [-0.1, -0.05) is 23.7 Å². The van der Waals surface area contributed by atoms with E-state index in [2.05, 4.69) is 4.98 Å². The van der Waals surface area contributed by atoms with E-state index in [9.17, 15) is 9.59 Å². The largest absolute Gasteiger partial charge is 0.450 e. The van der Waals surface area contributed by atoms with E-state index in [-0.39, 0.29) is 17.8 Å². The lowest BCUT2D eigenvalue weighted by molar-refractivity contribution is 0.0961. The number of ether oxygens (including phenoxy) is 1. The Morgan fingerprint density at radius 1 is 1.17 bits per heavy atom. The summed E-state index contributed by atoms with van der Waals surface area (Å²) in [7, 11) is 0. The Kier molecular flexibility index (Phi) is 5.67. The number of hydrogen-bond donors (Lipinski definition) is 0. The van der Waals surface area contributed by atoms with E-state index < -0.39 is 0 Å². The predicted molar refractivity (Wildman–Crippen MR) is 110 cm³/mol. The lowest BCUT2D eigenvalue weighted by Crippen LogP contribution is -2.49. The van der Waals surface area contributed by atoms with Gasteiger partial charge in [0, 0.05) is 43.8 Å². The number of nitrogens with zero attached hydrogens (tertiary/aromatic N) is 4. The third-order valence-electron chi connectivity index (χ3n) is 5.46. The number of hydrogen-bond acceptors (Lipinski definition) is 6. The van der Waals surface area contributed by atoms with E-state index in [0.717, 1.165) is 11.3 Å². The van der Waals surface area contributed by atoms with Crippen molar-refractivity contribution in [1.82, 2.24) is 14.9 Å². The number of aromatic nitrogens is 2. The summed E-state index contributed by atoms with van der Waals surface area (Å²) in [5.74, 6) is 0.775. The van der Waals surface area contributed by atoms with E-state index in [1.807, 2.05) is 29.2 Å². The Labute approximate surface area is 174 Å². The highest BCUT2D eigenvalue weighted by Crippen LogP contribution is 2.32. The van der Waals surface area contributed by atoms with Gasteiger partial charge in [-0.25, -0.2) is 14.8 Å². The average Bonchev–Trinajstić information content (AvgIpc) is 2.74. The van der Waals surface area contributed by atoms with Crippen LogP contribution in [0.25, 0.3) is 0 Å². The van der Waals surface area contributed by atoms with Crippen LogP contribution in [0.15, 0.2) is 30.5 Å². The number of ketones is 1. The number of piperazine rings is 1. The monoisotopic (exact) mass is 414 g/mol. The van der Waals surface area contributed by atoms with Crippen molar-refractivity contribution in [1.29, 1.82) is 0 Å². The van der Waals surface area contributed by atoms with Gasteiger partial charge >= 0.3 is 6.09 Å². The van der Waals surface area contributed by atoms with Gasteiger partial charge in [0.15, 0.2) is 5.78 Å². The van der Waals surface area contributed by atoms with E-state index >= 15 is 0 Å². The molecule has 152 valence electrons. The van der Waals surface area contributed by atoms with Gasteiger partial charge in [0.1, 0.15) is 0 Å². The molecular weight excluding hydrogens is 392 g/mol. The molecule has 1 fully saturated rings. The summed E-state index contributed by atoms with van der Waals surface area (Å²) >= 11 is 5.99. The third kappa shape index (κ3) is 4.19. The first-order valence-electron chi connectivity index (χ1n) is 9.86. The number of benzene rings is 1. The first-order valence-corrected chi connectivity index (χ1v) is 10.2. The molecule has 2 aliphatic rings. The fourth-order valence-corrected chi connectivity index (χ4v) is 3.99. The lowest BCUT2D eigenvalue weighted by Gasteiger charge is -2.34. The number of anilines is 1. The first-order chi connectivity index (χ1) is 14.0. The van der Waals surface area contributed by atoms with Crippen LogP contribution in [-0.4, -0.2) is 59.5 Å². The highest BCUT2D eigenvalue weighted by Gasteiger charge is 2.29. The molecule has 1 amide bonds. The molecule has 2 aromatic rings. The van der Waals surface area contributed by atoms with Crippen molar-refractivity contribution in [3.63, 3.8) is 0 Å². The minimum absolute atomic E-state index is 0.0740. The number of halogens is 1. The number of amides is 1. The zero-order valence-electron chi connectivity index (χ0n) is 16.3. The van der Waals surface area contributed by atoms with Crippen LogP contribution < -0.4 is 4.90 Å². The van der Waals surface area contributed by atoms with E-state index in [4.69, 9.17) is 21.3 Å². The summed E-state index contributed by atoms with van der Waals surface area (Å²) in [4.78, 5) is 37.4. The average molecular weight is 415 g/mol. The van der Waals surface area contributed by atoms with Crippen LogP contribution in [0.3, 0.4) is 0 Å². The van der Waals surface area contributed by atoms with Crippen molar-refractivity contribution < 1.29 is 14.3 Å². The molecule has 1 aromatic heterocycles. The van der Waals surface area contributed by atoms with Crippen molar-refractivity contribution in [3.05, 3.63) is 52.3 Å². The maximum Gasteiger partial charge on any atom is 0.409 e. The van der Waals surface area contributed by atoms with Crippen molar-refractivity contribution in [2.75, 3.05) is 37.7 Å². The van der Waals surface area contributed by atoms with Gasteiger partial charge in [-0.2, -0.15) is 0 Å². The predicted octanol–water partition coefficient (Wildman–Crippen LogP) is 3.32. The topological polar surface area (TPSA) is 75.6 Å². The van der Waals surface area contributed by atoms with E-state index in [1.165, 1.54) is 0 Å². The summed E-state index contributed by atoms with van der Waals surface area (Å²) in [5.41, 5.74) is 2.50. The second kappa shape index (κ2) is 8.37. The van der Waals surface area contributed by atoms with E-state index in [0.29, 0.717) is 62.2 Å². The van der Waals surface area contributed by atoms with Gasteiger partial charge in [0.25, 0.3) is 0 Å². The number of carbonyl (C=O) groups excluding carboxylic acids is 2. The van der Waals surface area contributed by atoms with Gasteiger partial charge in [0.05, 0.1) is 17.9 Å². The summed E-state index contributed by atoms with van der Waals surface area (Å²) < 4.78 is 5.06. The van der Waals surface area contributed by atoms with Crippen molar-refractivity contribution in [2.45, 2.75) is 25.7 Å². The Balaban J connectivity index is 1.49. The zero-order valence-corrected chi connectivity index (χ0v) is 17.1. The van der Waals surface area contributed by atoms with Gasteiger partial charge < -0.3 is 14.5 Å². The quantitative estimate of drug-likeness (QED) is 0.766. The lowest BCUT2D eigenvalue weighted by atomic mass is 9.82. The Bertz CT molecular complexity index is 911. The smallest absolute Gasteiger partial charge is 0.409 e. The molecular formula is C21H23ClN4O3. The molecule has 1 atom stereocenters. The molecule has 29 heavy (non-hydrogen) atoms. The summed E-state index contributed by atoms with van der Waals surface area (Å²) in [6.07, 6.45) is 2.52. The normalized spacial score (nSPS) is 19.1. The van der Waals surface area contributed by atoms with Crippen molar-refractivity contribution in [2.24, 2.45) is 0 Å². The van der Waals surface area contributed by atoms with Gasteiger partial charge in [-0.15, -0.1) is 0 Å². The minimum Gasteiger partial charge on any atom is -0.450 e. The van der Waals surface area contributed by atoms with Crippen LogP contribution in [0.4, 0.5) is 10.7 Å². The second-order valence-corrected chi connectivity index (χ2v) is 7.72. The first kappa shape index (κ1) is 19.6. The number of carbonyl (C=O) groups is 2. The second-order valence-electron chi connectivity index (χ2n) is 7.28. The van der Waals surface area contributed by atoms with Gasteiger partial charge in [-0.3, -0.25) is 4.79 Å². The Morgan fingerprint density at radius 2 is 1.90 bits per heavy atom. The molecule has 4 rings (SSSR count). The van der Waals surface area contributed by atoms with Crippen LogP contribution in [0.5, 0.6) is 0 Å². The summed E-state index contributed by atoms with van der Waals surface area (Å²) in [6.45, 7) is 4.55. The molecule has 0 bridgehead atoms. The Hall–Kier alpha value is -2.67. The molecule has 1 aliphatic heterocycles. The summed E-state index contributed by atoms with van der Waals surface area (Å²) in [5, 5.41) is 0.683.